The summed E-state index contributed by atoms with van der Waals surface area (Å²) in [5.41, 5.74) is 0.968. The molecule has 0 N–H and O–H groups in total. The quantitative estimate of drug-likeness (QED) is 0.770. The molecule has 1 fully saturated rings. The third kappa shape index (κ3) is 4.98. The Hall–Kier alpha value is -2.04. The zero-order valence-corrected chi connectivity index (χ0v) is 14.7. The third-order valence-electron chi connectivity index (χ3n) is 4.61. The van der Waals surface area contributed by atoms with Crippen molar-refractivity contribution in [3.63, 3.8) is 0 Å². The maximum absolute atomic E-state index is 12.6. The molecule has 0 spiro atoms. The van der Waals surface area contributed by atoms with E-state index in [1.807, 2.05) is 42.2 Å². The molecule has 24 heavy (non-hydrogen) atoms. The molecular formula is C19H27NO4. The molecule has 1 aromatic rings. The van der Waals surface area contributed by atoms with Crippen LogP contribution in [0.25, 0.3) is 0 Å². The van der Waals surface area contributed by atoms with Crippen LogP contribution >= 0.6 is 0 Å². The molecule has 1 aliphatic heterocycles. The van der Waals surface area contributed by atoms with Gasteiger partial charge in [-0.2, -0.15) is 0 Å². The lowest BCUT2D eigenvalue weighted by Gasteiger charge is -2.42. The minimum Gasteiger partial charge on any atom is -0.469 e. The van der Waals surface area contributed by atoms with E-state index in [1.165, 1.54) is 7.11 Å². The zero-order chi connectivity index (χ0) is 17.5. The molecule has 0 radical (unpaired) electrons. The largest absolute Gasteiger partial charge is 0.469 e. The molecule has 0 aliphatic carbocycles. The van der Waals surface area contributed by atoms with Crippen molar-refractivity contribution in [1.29, 1.82) is 0 Å². The predicted molar refractivity (Wildman–Crippen MR) is 91.4 cm³/mol. The second-order valence-corrected chi connectivity index (χ2v) is 6.64. The zero-order valence-electron chi connectivity index (χ0n) is 14.7. The van der Waals surface area contributed by atoms with Crippen LogP contribution in [0.2, 0.25) is 0 Å². The number of carbonyl (C=O) groups excluding carboxylic acids is 2. The van der Waals surface area contributed by atoms with Gasteiger partial charge in [-0.25, -0.2) is 4.79 Å². The molecule has 1 saturated heterocycles. The first-order valence-corrected chi connectivity index (χ1v) is 8.57. The van der Waals surface area contributed by atoms with E-state index in [0.29, 0.717) is 18.8 Å². The van der Waals surface area contributed by atoms with Crippen LogP contribution in [-0.2, 0) is 20.9 Å². The van der Waals surface area contributed by atoms with Gasteiger partial charge in [0.2, 0.25) is 0 Å². The van der Waals surface area contributed by atoms with E-state index in [9.17, 15) is 9.59 Å². The van der Waals surface area contributed by atoms with Crippen molar-refractivity contribution in [1.82, 2.24) is 4.90 Å². The van der Waals surface area contributed by atoms with Crippen LogP contribution in [0.1, 0.15) is 45.1 Å². The van der Waals surface area contributed by atoms with Crippen LogP contribution in [0, 0.1) is 5.92 Å². The molecule has 0 unspecified atom stereocenters. The van der Waals surface area contributed by atoms with E-state index in [1.54, 1.807) is 0 Å². The van der Waals surface area contributed by atoms with E-state index in [0.717, 1.165) is 18.4 Å². The van der Waals surface area contributed by atoms with Crippen LogP contribution in [-0.4, -0.2) is 36.2 Å². The van der Waals surface area contributed by atoms with Crippen molar-refractivity contribution >= 4 is 12.1 Å². The average molecular weight is 333 g/mol. The summed E-state index contributed by atoms with van der Waals surface area (Å²) in [6.45, 7) is 4.50. The van der Waals surface area contributed by atoms with Crippen LogP contribution in [0.5, 0.6) is 0 Å². The third-order valence-corrected chi connectivity index (χ3v) is 4.61. The molecule has 5 nitrogen and oxygen atoms in total. The van der Waals surface area contributed by atoms with Crippen molar-refractivity contribution in [2.45, 2.75) is 58.2 Å². The van der Waals surface area contributed by atoms with Gasteiger partial charge >= 0.3 is 12.1 Å². The monoisotopic (exact) mass is 333 g/mol. The molecule has 0 bridgehead atoms. The highest BCUT2D eigenvalue weighted by atomic mass is 16.6. The van der Waals surface area contributed by atoms with Gasteiger partial charge in [-0.3, -0.25) is 4.79 Å². The minimum absolute atomic E-state index is 0.0196. The summed E-state index contributed by atoms with van der Waals surface area (Å²) in [7, 11) is 1.39. The van der Waals surface area contributed by atoms with Gasteiger partial charge in [-0.05, 0) is 37.7 Å². The number of benzene rings is 1. The molecule has 5 heteroatoms. The minimum atomic E-state index is -0.298. The topological polar surface area (TPSA) is 55.8 Å². The standard InChI is InChI=1S/C19H27NO4/c1-14-11-15(2)20(17(12-14)9-10-18(21)23-3)19(22)24-13-16-7-5-4-6-8-16/h4-8,14-15,17H,9-13H2,1-3H3/t14-,15-,17-/m1/s1. The van der Waals surface area contributed by atoms with Crippen LogP contribution in [0.4, 0.5) is 4.79 Å². The Bertz CT molecular complexity index is 546. The number of methoxy groups -OCH3 is 1. The molecule has 132 valence electrons. The highest BCUT2D eigenvalue weighted by Gasteiger charge is 2.35. The van der Waals surface area contributed by atoms with Gasteiger partial charge in [0.05, 0.1) is 7.11 Å². The van der Waals surface area contributed by atoms with E-state index >= 15 is 0 Å². The first-order chi connectivity index (χ1) is 11.5. The normalized spacial score (nSPS) is 23.6. The lowest BCUT2D eigenvalue weighted by molar-refractivity contribution is -0.141. The number of hydrogen-bond acceptors (Lipinski definition) is 4. The number of esters is 1. The number of hydrogen-bond donors (Lipinski definition) is 0. The molecule has 1 amide bonds. The Labute approximate surface area is 143 Å². The van der Waals surface area contributed by atoms with E-state index in [-0.39, 0.29) is 30.8 Å². The summed E-state index contributed by atoms with van der Waals surface area (Å²) >= 11 is 0. The van der Waals surface area contributed by atoms with Crippen LogP contribution in [0.15, 0.2) is 30.3 Å². The van der Waals surface area contributed by atoms with Crippen molar-refractivity contribution in [3.05, 3.63) is 35.9 Å². The van der Waals surface area contributed by atoms with Crippen molar-refractivity contribution in [3.8, 4) is 0 Å². The molecule has 1 heterocycles. The van der Waals surface area contributed by atoms with Gasteiger partial charge < -0.3 is 14.4 Å². The summed E-state index contributed by atoms with van der Waals surface area (Å²) < 4.78 is 10.2. The van der Waals surface area contributed by atoms with Gasteiger partial charge in [0.1, 0.15) is 6.61 Å². The van der Waals surface area contributed by atoms with E-state index in [4.69, 9.17) is 9.47 Å². The molecular weight excluding hydrogens is 306 g/mol. The number of ether oxygens (including phenoxy) is 2. The Balaban J connectivity index is 1.98. The Morgan fingerprint density at radius 1 is 1.17 bits per heavy atom. The van der Waals surface area contributed by atoms with Gasteiger partial charge in [0.15, 0.2) is 0 Å². The fourth-order valence-corrected chi connectivity index (χ4v) is 3.50. The van der Waals surface area contributed by atoms with Crippen molar-refractivity contribution in [2.75, 3.05) is 7.11 Å². The lowest BCUT2D eigenvalue weighted by atomic mass is 9.86. The van der Waals surface area contributed by atoms with Gasteiger partial charge in [-0.1, -0.05) is 37.3 Å². The predicted octanol–water partition coefficient (Wildman–Crippen LogP) is 3.77. The van der Waals surface area contributed by atoms with Crippen LogP contribution in [0.3, 0.4) is 0 Å². The average Bonchev–Trinajstić information content (AvgIpc) is 2.58. The Morgan fingerprint density at radius 2 is 1.88 bits per heavy atom. The first-order valence-electron chi connectivity index (χ1n) is 8.57. The first kappa shape index (κ1) is 18.3. The molecule has 3 atom stereocenters. The molecule has 1 aromatic carbocycles. The number of rotatable bonds is 5. The number of carbonyl (C=O) groups is 2. The number of likely N-dealkylation sites (tertiary alicyclic amines) is 1. The maximum Gasteiger partial charge on any atom is 0.410 e. The number of amides is 1. The molecule has 0 aromatic heterocycles. The summed E-state index contributed by atoms with van der Waals surface area (Å²) in [6, 6.07) is 9.78. The summed E-state index contributed by atoms with van der Waals surface area (Å²) in [6.07, 6.45) is 2.48. The second kappa shape index (κ2) is 8.71. The van der Waals surface area contributed by atoms with E-state index in [2.05, 4.69) is 6.92 Å². The highest BCUT2D eigenvalue weighted by molar-refractivity contribution is 5.70. The van der Waals surface area contributed by atoms with Gasteiger partial charge in [0, 0.05) is 18.5 Å². The summed E-state index contributed by atoms with van der Waals surface area (Å²) in [5, 5.41) is 0. The smallest absolute Gasteiger partial charge is 0.410 e. The Kier molecular flexibility index (Phi) is 6.64. The van der Waals surface area contributed by atoms with Gasteiger partial charge in [0.25, 0.3) is 0 Å². The van der Waals surface area contributed by atoms with Gasteiger partial charge in [-0.15, -0.1) is 0 Å². The highest BCUT2D eigenvalue weighted by Crippen LogP contribution is 2.30. The molecule has 2 rings (SSSR count). The number of piperidine rings is 1. The Morgan fingerprint density at radius 3 is 2.54 bits per heavy atom. The number of nitrogens with zero attached hydrogens (tertiary/aromatic N) is 1. The SMILES string of the molecule is COC(=O)CC[C@@H]1C[C@H](C)C[C@@H](C)N1C(=O)OCc1ccccc1. The lowest BCUT2D eigenvalue weighted by Crippen LogP contribution is -2.51. The van der Waals surface area contributed by atoms with Crippen LogP contribution < -0.4 is 0 Å². The fourth-order valence-electron chi connectivity index (χ4n) is 3.50. The summed E-state index contributed by atoms with van der Waals surface area (Å²) in [5.74, 6) is 0.291. The second-order valence-electron chi connectivity index (χ2n) is 6.64. The fraction of sp³-hybridized carbons (Fsp3) is 0.579. The molecule has 0 saturated carbocycles. The molecule has 1 aliphatic rings. The maximum atomic E-state index is 12.6. The van der Waals surface area contributed by atoms with Crippen molar-refractivity contribution in [2.24, 2.45) is 5.92 Å². The van der Waals surface area contributed by atoms with Crippen molar-refractivity contribution < 1.29 is 19.1 Å². The van der Waals surface area contributed by atoms with E-state index < -0.39 is 0 Å². The summed E-state index contributed by atoms with van der Waals surface area (Å²) in [4.78, 5) is 25.9.